The standard InChI is InChI=1S/C20H26N4O3/c1-21-20(24-16-7-8-17(25-2)18(10-16)26-3)23-12-15-6-9-19(22-11-15)27-13-14-4-5-14/h6-11,14H,4-5,12-13H2,1-3H3,(H2,21,23,24). The van der Waals surface area contributed by atoms with Gasteiger partial charge in [-0.15, -0.1) is 0 Å². The van der Waals surface area contributed by atoms with E-state index in [1.54, 1.807) is 21.3 Å². The van der Waals surface area contributed by atoms with Crippen molar-refractivity contribution < 1.29 is 14.2 Å². The van der Waals surface area contributed by atoms with Gasteiger partial charge in [-0.1, -0.05) is 6.07 Å². The molecule has 0 radical (unpaired) electrons. The molecule has 1 aromatic heterocycles. The number of aromatic nitrogens is 1. The summed E-state index contributed by atoms with van der Waals surface area (Å²) >= 11 is 0. The molecule has 0 atom stereocenters. The number of hydrogen-bond donors (Lipinski definition) is 2. The third-order valence-electron chi connectivity index (χ3n) is 4.29. The van der Waals surface area contributed by atoms with Gasteiger partial charge in [-0.2, -0.15) is 0 Å². The molecule has 1 aliphatic carbocycles. The molecule has 0 aliphatic heterocycles. The van der Waals surface area contributed by atoms with Crippen molar-refractivity contribution in [1.82, 2.24) is 10.3 Å². The summed E-state index contributed by atoms with van der Waals surface area (Å²) in [6.45, 7) is 1.37. The molecule has 0 saturated heterocycles. The first kappa shape index (κ1) is 18.8. The molecule has 1 saturated carbocycles. The highest BCUT2D eigenvalue weighted by atomic mass is 16.5. The molecule has 0 spiro atoms. The molecule has 3 rings (SSSR count). The largest absolute Gasteiger partial charge is 0.493 e. The number of methoxy groups -OCH3 is 2. The minimum absolute atomic E-state index is 0.600. The summed E-state index contributed by atoms with van der Waals surface area (Å²) in [4.78, 5) is 8.60. The van der Waals surface area contributed by atoms with Crippen LogP contribution in [0, 0.1) is 5.92 Å². The zero-order chi connectivity index (χ0) is 19.1. The molecule has 1 aromatic carbocycles. The maximum Gasteiger partial charge on any atom is 0.213 e. The lowest BCUT2D eigenvalue weighted by Crippen LogP contribution is -2.30. The van der Waals surface area contributed by atoms with Crippen LogP contribution in [-0.2, 0) is 6.54 Å². The first-order chi connectivity index (χ1) is 13.2. The molecule has 0 unspecified atom stereocenters. The fourth-order valence-electron chi connectivity index (χ4n) is 2.50. The van der Waals surface area contributed by atoms with E-state index in [1.807, 2.05) is 36.5 Å². The minimum atomic E-state index is 0.600. The number of guanidine groups is 1. The molecule has 7 nitrogen and oxygen atoms in total. The van der Waals surface area contributed by atoms with E-state index in [2.05, 4.69) is 20.6 Å². The number of nitrogens with zero attached hydrogens (tertiary/aromatic N) is 2. The number of benzene rings is 1. The van der Waals surface area contributed by atoms with Crippen LogP contribution < -0.4 is 24.8 Å². The molecule has 1 aliphatic rings. The van der Waals surface area contributed by atoms with Crippen LogP contribution >= 0.6 is 0 Å². The molecular formula is C20H26N4O3. The number of hydrogen-bond acceptors (Lipinski definition) is 5. The Hall–Kier alpha value is -2.96. The molecule has 2 aromatic rings. The van der Waals surface area contributed by atoms with E-state index in [1.165, 1.54) is 12.8 Å². The van der Waals surface area contributed by atoms with Crippen LogP contribution in [-0.4, -0.2) is 38.8 Å². The Labute approximate surface area is 159 Å². The Morgan fingerprint density at radius 1 is 1.15 bits per heavy atom. The van der Waals surface area contributed by atoms with E-state index in [0.717, 1.165) is 23.8 Å². The van der Waals surface area contributed by atoms with Crippen molar-refractivity contribution in [3.05, 3.63) is 42.1 Å². The minimum Gasteiger partial charge on any atom is -0.493 e. The molecular weight excluding hydrogens is 344 g/mol. The summed E-state index contributed by atoms with van der Waals surface area (Å²) in [7, 11) is 4.95. The van der Waals surface area contributed by atoms with Crippen LogP contribution in [0.5, 0.6) is 17.4 Å². The van der Waals surface area contributed by atoms with Crippen molar-refractivity contribution in [1.29, 1.82) is 0 Å². The first-order valence-corrected chi connectivity index (χ1v) is 8.99. The topological polar surface area (TPSA) is 77.0 Å². The fourth-order valence-corrected chi connectivity index (χ4v) is 2.50. The Morgan fingerprint density at radius 2 is 1.96 bits per heavy atom. The van der Waals surface area contributed by atoms with Gasteiger partial charge < -0.3 is 24.8 Å². The molecule has 2 N–H and O–H groups in total. The Balaban J connectivity index is 1.52. The van der Waals surface area contributed by atoms with Gasteiger partial charge in [-0.05, 0) is 36.5 Å². The SMILES string of the molecule is CN=C(NCc1ccc(OCC2CC2)nc1)Nc1ccc(OC)c(OC)c1. The van der Waals surface area contributed by atoms with Crippen molar-refractivity contribution in [2.24, 2.45) is 10.9 Å². The van der Waals surface area contributed by atoms with Crippen LogP contribution in [0.15, 0.2) is 41.5 Å². The second-order valence-corrected chi connectivity index (χ2v) is 6.38. The van der Waals surface area contributed by atoms with Crippen LogP contribution in [0.2, 0.25) is 0 Å². The summed E-state index contributed by atoms with van der Waals surface area (Å²) in [5, 5.41) is 6.50. The predicted octanol–water partition coefficient (Wildman–Crippen LogP) is 3.08. The molecule has 1 fully saturated rings. The Morgan fingerprint density at radius 3 is 2.59 bits per heavy atom. The van der Waals surface area contributed by atoms with E-state index < -0.39 is 0 Å². The van der Waals surface area contributed by atoms with Crippen molar-refractivity contribution in [2.75, 3.05) is 33.2 Å². The van der Waals surface area contributed by atoms with E-state index in [9.17, 15) is 0 Å². The lowest BCUT2D eigenvalue weighted by molar-refractivity contribution is 0.288. The van der Waals surface area contributed by atoms with Crippen molar-refractivity contribution >= 4 is 11.6 Å². The Bertz CT molecular complexity index is 773. The molecule has 7 heteroatoms. The van der Waals surface area contributed by atoms with Crippen LogP contribution in [0.4, 0.5) is 5.69 Å². The maximum absolute atomic E-state index is 5.66. The van der Waals surface area contributed by atoms with Crippen molar-refractivity contribution in [3.63, 3.8) is 0 Å². The third kappa shape index (κ3) is 5.51. The molecule has 1 heterocycles. The van der Waals surface area contributed by atoms with Gasteiger partial charge in [0.05, 0.1) is 20.8 Å². The maximum atomic E-state index is 5.66. The van der Waals surface area contributed by atoms with E-state index in [4.69, 9.17) is 14.2 Å². The molecule has 27 heavy (non-hydrogen) atoms. The number of pyridine rings is 1. The van der Waals surface area contributed by atoms with Crippen molar-refractivity contribution in [3.8, 4) is 17.4 Å². The zero-order valence-corrected chi connectivity index (χ0v) is 16.0. The third-order valence-corrected chi connectivity index (χ3v) is 4.29. The van der Waals surface area contributed by atoms with Gasteiger partial charge in [0.15, 0.2) is 17.5 Å². The number of rotatable bonds is 8. The van der Waals surface area contributed by atoms with Crippen LogP contribution in [0.25, 0.3) is 0 Å². The number of aliphatic imine (C=N–C) groups is 1. The fraction of sp³-hybridized carbons (Fsp3) is 0.400. The lowest BCUT2D eigenvalue weighted by Gasteiger charge is -2.14. The predicted molar refractivity (Wildman–Crippen MR) is 106 cm³/mol. The smallest absolute Gasteiger partial charge is 0.213 e. The summed E-state index contributed by atoms with van der Waals surface area (Å²) in [6, 6.07) is 9.52. The van der Waals surface area contributed by atoms with Crippen LogP contribution in [0.3, 0.4) is 0 Å². The highest BCUT2D eigenvalue weighted by Gasteiger charge is 2.22. The second-order valence-electron chi connectivity index (χ2n) is 6.38. The monoisotopic (exact) mass is 370 g/mol. The Kier molecular flexibility index (Phi) is 6.35. The quantitative estimate of drug-likeness (QED) is 0.549. The second kappa shape index (κ2) is 9.12. The van der Waals surface area contributed by atoms with Gasteiger partial charge >= 0.3 is 0 Å². The number of anilines is 1. The normalized spacial score (nSPS) is 13.8. The van der Waals surface area contributed by atoms with E-state index >= 15 is 0 Å². The van der Waals surface area contributed by atoms with Crippen molar-refractivity contribution in [2.45, 2.75) is 19.4 Å². The number of nitrogens with one attached hydrogen (secondary N) is 2. The summed E-state index contributed by atoms with van der Waals surface area (Å²) in [5.41, 5.74) is 1.90. The molecule has 0 amide bonds. The summed E-state index contributed by atoms with van der Waals surface area (Å²) in [5.74, 6) is 3.39. The average Bonchev–Trinajstić information content (AvgIpc) is 3.54. The highest BCUT2D eigenvalue weighted by molar-refractivity contribution is 5.93. The lowest BCUT2D eigenvalue weighted by atomic mass is 10.2. The van der Waals surface area contributed by atoms with Gasteiger partial charge in [0.2, 0.25) is 5.88 Å². The summed E-state index contributed by atoms with van der Waals surface area (Å²) in [6.07, 6.45) is 4.36. The van der Waals surface area contributed by atoms with Gasteiger partial charge in [0, 0.05) is 37.6 Å². The highest BCUT2D eigenvalue weighted by Crippen LogP contribution is 2.30. The summed E-state index contributed by atoms with van der Waals surface area (Å²) < 4.78 is 16.2. The van der Waals surface area contributed by atoms with E-state index in [-0.39, 0.29) is 0 Å². The average molecular weight is 370 g/mol. The van der Waals surface area contributed by atoms with Gasteiger partial charge in [-0.3, -0.25) is 4.99 Å². The zero-order valence-electron chi connectivity index (χ0n) is 16.0. The first-order valence-electron chi connectivity index (χ1n) is 8.99. The number of ether oxygens (including phenoxy) is 3. The molecule has 0 bridgehead atoms. The van der Waals surface area contributed by atoms with Crippen LogP contribution in [0.1, 0.15) is 18.4 Å². The van der Waals surface area contributed by atoms with Gasteiger partial charge in [0.25, 0.3) is 0 Å². The molecule has 144 valence electrons. The van der Waals surface area contributed by atoms with Gasteiger partial charge in [-0.25, -0.2) is 4.98 Å². The van der Waals surface area contributed by atoms with E-state index in [0.29, 0.717) is 29.9 Å². The van der Waals surface area contributed by atoms with Gasteiger partial charge in [0.1, 0.15) is 0 Å².